The van der Waals surface area contributed by atoms with Crippen LogP contribution in [0.4, 0.5) is 0 Å². The van der Waals surface area contributed by atoms with Gasteiger partial charge in [-0.1, -0.05) is 6.07 Å². The molecule has 3 aromatic rings. The highest BCUT2D eigenvalue weighted by atomic mass is 16.5. The summed E-state index contributed by atoms with van der Waals surface area (Å²) in [5, 5.41) is 9.78. The molecule has 0 atom stereocenters. The molecule has 0 saturated carbocycles. The van der Waals surface area contributed by atoms with Gasteiger partial charge in [0.2, 0.25) is 0 Å². The Kier molecular flexibility index (Phi) is 3.70. The first kappa shape index (κ1) is 15.3. The highest BCUT2D eigenvalue weighted by molar-refractivity contribution is 5.98. The minimum absolute atomic E-state index is 0.0406. The number of hydroxylamine groups is 1. The molecule has 7 heteroatoms. The normalized spacial score (nSPS) is 13.6. The molecule has 0 bridgehead atoms. The fourth-order valence-electron chi connectivity index (χ4n) is 3.14. The Morgan fingerprint density at radius 1 is 1.20 bits per heavy atom. The van der Waals surface area contributed by atoms with Gasteiger partial charge >= 0.3 is 0 Å². The Balaban J connectivity index is 1.57. The van der Waals surface area contributed by atoms with Crippen LogP contribution < -0.4 is 5.48 Å². The molecule has 0 fully saturated rings. The van der Waals surface area contributed by atoms with E-state index in [0.29, 0.717) is 30.6 Å². The molecule has 0 radical (unpaired) electrons. The van der Waals surface area contributed by atoms with Crippen molar-refractivity contribution in [3.8, 4) is 0 Å². The number of nitrogens with zero attached hydrogens (tertiary/aromatic N) is 2. The van der Waals surface area contributed by atoms with E-state index in [-0.39, 0.29) is 5.91 Å². The van der Waals surface area contributed by atoms with E-state index in [0.717, 1.165) is 22.2 Å². The second-order valence-electron chi connectivity index (χ2n) is 6.03. The van der Waals surface area contributed by atoms with Crippen molar-refractivity contribution >= 4 is 22.7 Å². The van der Waals surface area contributed by atoms with Crippen molar-refractivity contribution in [3.63, 3.8) is 0 Å². The van der Waals surface area contributed by atoms with Gasteiger partial charge in [0.05, 0.1) is 17.8 Å². The molecule has 0 spiro atoms. The van der Waals surface area contributed by atoms with Gasteiger partial charge in [-0.05, 0) is 41.6 Å². The van der Waals surface area contributed by atoms with Crippen molar-refractivity contribution in [2.45, 2.75) is 13.0 Å². The van der Waals surface area contributed by atoms with Crippen LogP contribution in [0.2, 0.25) is 0 Å². The number of carbonyl (C=O) groups excluding carboxylic acids is 2. The first-order valence-electron chi connectivity index (χ1n) is 7.94. The van der Waals surface area contributed by atoms with Gasteiger partial charge in [0.15, 0.2) is 0 Å². The van der Waals surface area contributed by atoms with Crippen molar-refractivity contribution in [2.75, 3.05) is 6.54 Å². The molecule has 2 aromatic heterocycles. The maximum Gasteiger partial charge on any atom is 0.276 e. The smallest absolute Gasteiger partial charge is 0.276 e. The first-order chi connectivity index (χ1) is 12.2. The number of H-pyrrole nitrogens is 1. The van der Waals surface area contributed by atoms with Crippen LogP contribution in [0.3, 0.4) is 0 Å². The van der Waals surface area contributed by atoms with E-state index in [1.165, 1.54) is 6.20 Å². The summed E-state index contributed by atoms with van der Waals surface area (Å²) in [6, 6.07) is 9.28. The van der Waals surface area contributed by atoms with E-state index >= 15 is 0 Å². The number of fused-ring (bicyclic) bond motifs is 2. The van der Waals surface area contributed by atoms with Crippen molar-refractivity contribution in [2.24, 2.45) is 0 Å². The van der Waals surface area contributed by atoms with Gasteiger partial charge in [0.25, 0.3) is 11.8 Å². The van der Waals surface area contributed by atoms with E-state index in [2.05, 4.69) is 9.97 Å². The number of rotatable bonds is 2. The fourth-order valence-corrected chi connectivity index (χ4v) is 3.14. The zero-order chi connectivity index (χ0) is 17.4. The van der Waals surface area contributed by atoms with Crippen molar-refractivity contribution in [3.05, 3.63) is 65.1 Å². The molecular weight excluding hydrogens is 320 g/mol. The maximum absolute atomic E-state index is 12.8. The van der Waals surface area contributed by atoms with Crippen LogP contribution in [0.15, 0.2) is 42.7 Å². The van der Waals surface area contributed by atoms with E-state index < -0.39 is 5.91 Å². The molecule has 0 saturated heterocycles. The Labute approximate surface area is 143 Å². The summed E-state index contributed by atoms with van der Waals surface area (Å²) in [6.07, 6.45) is 3.87. The van der Waals surface area contributed by atoms with Crippen LogP contribution in [0, 0.1) is 0 Å². The number of hydrogen-bond donors (Lipinski definition) is 3. The SMILES string of the molecule is O=C(NO)c1cnc2c(c1)CCN(C(=O)c1ccc3cc[nH]c3c1)C2. The van der Waals surface area contributed by atoms with Gasteiger partial charge in [-0.3, -0.25) is 19.8 Å². The lowest BCUT2D eigenvalue weighted by atomic mass is 10.0. The molecule has 2 amide bonds. The summed E-state index contributed by atoms with van der Waals surface area (Å²) >= 11 is 0. The van der Waals surface area contributed by atoms with Crippen molar-refractivity contribution in [1.82, 2.24) is 20.3 Å². The third kappa shape index (κ3) is 2.74. The van der Waals surface area contributed by atoms with E-state index in [4.69, 9.17) is 5.21 Å². The molecule has 3 N–H and O–H groups in total. The molecule has 0 aliphatic carbocycles. The largest absolute Gasteiger partial charge is 0.361 e. The molecule has 4 rings (SSSR count). The van der Waals surface area contributed by atoms with Crippen LogP contribution in [-0.2, 0) is 13.0 Å². The van der Waals surface area contributed by atoms with Crippen LogP contribution in [0.5, 0.6) is 0 Å². The Bertz CT molecular complexity index is 979. The fraction of sp³-hybridized carbons (Fsp3) is 0.167. The molecule has 3 heterocycles. The van der Waals surface area contributed by atoms with Crippen molar-refractivity contribution in [1.29, 1.82) is 0 Å². The highest BCUT2D eigenvalue weighted by Crippen LogP contribution is 2.21. The second-order valence-corrected chi connectivity index (χ2v) is 6.03. The number of pyridine rings is 1. The third-order valence-electron chi connectivity index (χ3n) is 4.50. The average Bonchev–Trinajstić information content (AvgIpc) is 3.13. The zero-order valence-electron chi connectivity index (χ0n) is 13.3. The minimum atomic E-state index is -0.590. The standard InChI is InChI=1S/C18H16N4O3/c23-17(21-25)14-7-12-4-6-22(10-16(12)20-9-14)18(24)13-2-1-11-3-5-19-15(11)8-13/h1-3,5,7-9,19,25H,4,6,10H2,(H,21,23). The number of aromatic nitrogens is 2. The minimum Gasteiger partial charge on any atom is -0.361 e. The van der Waals surface area contributed by atoms with Crippen LogP contribution in [0.1, 0.15) is 32.0 Å². The third-order valence-corrected chi connectivity index (χ3v) is 4.50. The number of hydrogen-bond acceptors (Lipinski definition) is 4. The zero-order valence-corrected chi connectivity index (χ0v) is 13.3. The molecule has 1 aromatic carbocycles. The number of carbonyl (C=O) groups is 2. The molecule has 1 aliphatic rings. The lowest BCUT2D eigenvalue weighted by Crippen LogP contribution is -2.36. The number of benzene rings is 1. The number of nitrogens with one attached hydrogen (secondary N) is 2. The summed E-state index contributed by atoms with van der Waals surface area (Å²) in [6.45, 7) is 0.957. The van der Waals surface area contributed by atoms with E-state index in [1.807, 2.05) is 30.5 Å². The summed E-state index contributed by atoms with van der Waals surface area (Å²) in [4.78, 5) is 33.4. The summed E-state index contributed by atoms with van der Waals surface area (Å²) in [5.41, 5.74) is 5.17. The lowest BCUT2D eigenvalue weighted by molar-refractivity contribution is 0.0701. The topological polar surface area (TPSA) is 98.3 Å². The first-order valence-corrected chi connectivity index (χ1v) is 7.94. The van der Waals surface area contributed by atoms with Gasteiger partial charge in [-0.15, -0.1) is 0 Å². The maximum atomic E-state index is 12.8. The summed E-state index contributed by atoms with van der Waals surface area (Å²) < 4.78 is 0. The molecular formula is C18H16N4O3. The molecule has 1 aliphatic heterocycles. The van der Waals surface area contributed by atoms with Crippen LogP contribution >= 0.6 is 0 Å². The quantitative estimate of drug-likeness (QED) is 0.491. The van der Waals surface area contributed by atoms with E-state index in [1.54, 1.807) is 16.4 Å². The van der Waals surface area contributed by atoms with Gasteiger partial charge in [0.1, 0.15) is 0 Å². The highest BCUT2D eigenvalue weighted by Gasteiger charge is 2.23. The lowest BCUT2D eigenvalue weighted by Gasteiger charge is -2.28. The van der Waals surface area contributed by atoms with Gasteiger partial charge in [-0.25, -0.2) is 5.48 Å². The Morgan fingerprint density at radius 2 is 2.08 bits per heavy atom. The number of amides is 2. The van der Waals surface area contributed by atoms with Crippen LogP contribution in [-0.4, -0.2) is 38.4 Å². The van der Waals surface area contributed by atoms with Crippen LogP contribution in [0.25, 0.3) is 10.9 Å². The van der Waals surface area contributed by atoms with Gasteiger partial charge in [-0.2, -0.15) is 0 Å². The predicted octanol–water partition coefficient (Wildman–Crippen LogP) is 1.88. The van der Waals surface area contributed by atoms with Gasteiger partial charge < -0.3 is 9.88 Å². The summed E-state index contributed by atoms with van der Waals surface area (Å²) in [7, 11) is 0. The Morgan fingerprint density at radius 3 is 2.92 bits per heavy atom. The number of aromatic amines is 1. The molecule has 25 heavy (non-hydrogen) atoms. The van der Waals surface area contributed by atoms with Crippen molar-refractivity contribution < 1.29 is 14.8 Å². The average molecular weight is 336 g/mol. The molecule has 0 unspecified atom stereocenters. The molecule has 7 nitrogen and oxygen atoms in total. The van der Waals surface area contributed by atoms with Gasteiger partial charge in [0, 0.05) is 30.0 Å². The second kappa shape index (κ2) is 6.03. The predicted molar refractivity (Wildman–Crippen MR) is 90.2 cm³/mol. The Hall–Kier alpha value is -3.19. The summed E-state index contributed by atoms with van der Waals surface area (Å²) in [5.74, 6) is -0.630. The monoisotopic (exact) mass is 336 g/mol. The van der Waals surface area contributed by atoms with E-state index in [9.17, 15) is 9.59 Å². The molecule has 126 valence electrons.